The first-order chi connectivity index (χ1) is 10.9. The number of β-amino-alcohol motifs (C(OH)–C–C–N with tert-alkyl or cyclic N) is 1. The van der Waals surface area contributed by atoms with Crippen molar-refractivity contribution in [2.24, 2.45) is 0 Å². The van der Waals surface area contributed by atoms with Gasteiger partial charge in [0.05, 0.1) is 25.8 Å². The number of aromatic hydroxyl groups is 1. The second-order valence-corrected chi connectivity index (χ2v) is 5.04. The van der Waals surface area contributed by atoms with E-state index >= 15 is 0 Å². The highest BCUT2D eigenvalue weighted by Crippen LogP contribution is 2.28. The van der Waals surface area contributed by atoms with Crippen molar-refractivity contribution in [3.63, 3.8) is 0 Å². The van der Waals surface area contributed by atoms with Crippen LogP contribution in [0.25, 0.3) is 0 Å². The molecule has 1 aliphatic heterocycles. The van der Waals surface area contributed by atoms with Gasteiger partial charge in [-0.05, 0) is 18.6 Å². The highest BCUT2D eigenvalue weighted by atomic mass is 19.1. The Labute approximate surface area is 132 Å². The summed E-state index contributed by atoms with van der Waals surface area (Å²) in [5.41, 5.74) is 0.832. The van der Waals surface area contributed by atoms with E-state index in [1.54, 1.807) is 6.92 Å². The lowest BCUT2D eigenvalue weighted by atomic mass is 10.1. The Hall–Kier alpha value is -2.61. The maximum atomic E-state index is 13.3. The predicted octanol–water partition coefficient (Wildman–Crippen LogP) is 0.513. The van der Waals surface area contributed by atoms with Gasteiger partial charge in [0.2, 0.25) is 0 Å². The van der Waals surface area contributed by atoms with Crippen LogP contribution in [0.3, 0.4) is 0 Å². The number of methoxy groups -OCH3 is 1. The number of benzene rings is 1. The number of nitrogens with zero attached hydrogens (tertiary/aromatic N) is 1. The van der Waals surface area contributed by atoms with Crippen LogP contribution < -0.4 is 5.32 Å². The van der Waals surface area contributed by atoms with Gasteiger partial charge in [0.15, 0.2) is 11.6 Å². The molecule has 8 heteroatoms. The van der Waals surface area contributed by atoms with Crippen LogP contribution in [-0.2, 0) is 14.3 Å². The summed E-state index contributed by atoms with van der Waals surface area (Å²) in [5.74, 6) is -2.52. The van der Waals surface area contributed by atoms with Gasteiger partial charge >= 0.3 is 5.97 Å². The standard InChI is InChI=1S/C15H17FN2O5/c1-8-5-10(16)12(20)6-11(8)17-13-9(15(22)23-2)7-18(3-4-19)14(13)21/h5-6,17,19-20H,3-4,7H2,1-2H3. The normalized spacial score (nSPS) is 14.4. The first kappa shape index (κ1) is 16.8. The molecule has 0 radical (unpaired) electrons. The number of ether oxygens (including phenoxy) is 1. The second-order valence-electron chi connectivity index (χ2n) is 5.04. The maximum absolute atomic E-state index is 13.3. The molecule has 0 fully saturated rings. The van der Waals surface area contributed by atoms with Crippen LogP contribution in [0.15, 0.2) is 23.4 Å². The second kappa shape index (κ2) is 6.66. The number of aryl methyl sites for hydroxylation is 1. The Balaban J connectivity index is 2.39. The molecular weight excluding hydrogens is 307 g/mol. The van der Waals surface area contributed by atoms with E-state index < -0.39 is 23.4 Å². The summed E-state index contributed by atoms with van der Waals surface area (Å²) in [5, 5.41) is 21.2. The molecule has 0 aromatic heterocycles. The van der Waals surface area contributed by atoms with Crippen LogP contribution in [0.2, 0.25) is 0 Å². The number of rotatable bonds is 5. The summed E-state index contributed by atoms with van der Waals surface area (Å²) < 4.78 is 18.0. The smallest absolute Gasteiger partial charge is 0.337 e. The number of nitrogens with one attached hydrogen (secondary N) is 1. The maximum Gasteiger partial charge on any atom is 0.337 e. The van der Waals surface area contributed by atoms with E-state index in [0.29, 0.717) is 11.3 Å². The summed E-state index contributed by atoms with van der Waals surface area (Å²) in [6.07, 6.45) is 0. The average molecular weight is 324 g/mol. The number of hydrogen-bond acceptors (Lipinski definition) is 6. The molecule has 0 spiro atoms. The zero-order valence-corrected chi connectivity index (χ0v) is 12.7. The fraction of sp³-hybridized carbons (Fsp3) is 0.333. The minimum atomic E-state index is -0.783. The number of aliphatic hydroxyl groups excluding tert-OH is 1. The van der Waals surface area contributed by atoms with Crippen molar-refractivity contribution in [3.8, 4) is 5.75 Å². The lowest BCUT2D eigenvalue weighted by Gasteiger charge is -2.15. The molecule has 1 aliphatic rings. The fourth-order valence-electron chi connectivity index (χ4n) is 2.28. The van der Waals surface area contributed by atoms with Crippen molar-refractivity contribution in [1.82, 2.24) is 4.90 Å². The van der Waals surface area contributed by atoms with Crippen LogP contribution in [0.1, 0.15) is 5.56 Å². The quantitative estimate of drug-likeness (QED) is 0.683. The van der Waals surface area contributed by atoms with Gasteiger partial charge in [-0.1, -0.05) is 0 Å². The van der Waals surface area contributed by atoms with Crippen LogP contribution >= 0.6 is 0 Å². The molecule has 1 amide bonds. The van der Waals surface area contributed by atoms with Gasteiger partial charge in [-0.2, -0.15) is 0 Å². The number of esters is 1. The number of anilines is 1. The molecule has 7 nitrogen and oxygen atoms in total. The molecule has 1 aromatic carbocycles. The third-order valence-corrected chi connectivity index (χ3v) is 3.51. The van der Waals surface area contributed by atoms with Crippen molar-refractivity contribution in [1.29, 1.82) is 0 Å². The minimum Gasteiger partial charge on any atom is -0.505 e. The minimum absolute atomic E-state index is 0.000619. The molecule has 0 aliphatic carbocycles. The molecule has 0 atom stereocenters. The Kier molecular flexibility index (Phi) is 4.85. The molecule has 0 unspecified atom stereocenters. The largest absolute Gasteiger partial charge is 0.505 e. The van der Waals surface area contributed by atoms with Crippen molar-refractivity contribution in [3.05, 3.63) is 34.8 Å². The molecule has 1 aromatic rings. The Bertz CT molecular complexity index is 687. The molecular formula is C15H17FN2O5. The number of halogens is 1. The van der Waals surface area contributed by atoms with Crippen molar-refractivity contribution in [2.45, 2.75) is 6.92 Å². The highest BCUT2D eigenvalue weighted by molar-refractivity contribution is 6.08. The van der Waals surface area contributed by atoms with E-state index in [2.05, 4.69) is 10.1 Å². The summed E-state index contributed by atoms with van der Waals surface area (Å²) in [7, 11) is 1.20. The van der Waals surface area contributed by atoms with Gasteiger partial charge < -0.3 is 25.2 Å². The number of amides is 1. The van der Waals surface area contributed by atoms with Crippen molar-refractivity contribution >= 4 is 17.6 Å². The third-order valence-electron chi connectivity index (χ3n) is 3.51. The Morgan fingerprint density at radius 2 is 2.17 bits per heavy atom. The molecule has 0 saturated carbocycles. The highest BCUT2D eigenvalue weighted by Gasteiger charge is 2.34. The molecule has 23 heavy (non-hydrogen) atoms. The fourth-order valence-corrected chi connectivity index (χ4v) is 2.28. The average Bonchev–Trinajstić information content (AvgIpc) is 2.81. The number of phenolic OH excluding ortho intramolecular Hbond substituents is 1. The van der Waals surface area contributed by atoms with Gasteiger partial charge in [-0.25, -0.2) is 9.18 Å². The van der Waals surface area contributed by atoms with E-state index in [9.17, 15) is 19.1 Å². The third kappa shape index (κ3) is 3.26. The van der Waals surface area contributed by atoms with E-state index in [1.165, 1.54) is 12.0 Å². The number of phenols is 1. The van der Waals surface area contributed by atoms with E-state index in [1.807, 2.05) is 0 Å². The Morgan fingerprint density at radius 1 is 1.48 bits per heavy atom. The van der Waals surface area contributed by atoms with E-state index in [0.717, 1.165) is 12.1 Å². The molecule has 124 valence electrons. The van der Waals surface area contributed by atoms with E-state index in [4.69, 9.17) is 5.11 Å². The molecule has 2 rings (SSSR count). The predicted molar refractivity (Wildman–Crippen MR) is 79.1 cm³/mol. The van der Waals surface area contributed by atoms with Crippen LogP contribution in [-0.4, -0.2) is 53.8 Å². The van der Waals surface area contributed by atoms with E-state index in [-0.39, 0.29) is 31.0 Å². The van der Waals surface area contributed by atoms with Crippen LogP contribution in [0, 0.1) is 12.7 Å². The SMILES string of the molecule is COC(=O)C1=C(Nc2cc(O)c(F)cc2C)C(=O)N(CCO)C1. The number of carbonyl (C=O) groups is 2. The Morgan fingerprint density at radius 3 is 2.78 bits per heavy atom. The molecule has 3 N–H and O–H groups in total. The zero-order chi connectivity index (χ0) is 17.1. The zero-order valence-electron chi connectivity index (χ0n) is 12.7. The van der Waals surface area contributed by atoms with Crippen LogP contribution in [0.5, 0.6) is 5.75 Å². The summed E-state index contributed by atoms with van der Waals surface area (Å²) in [6.45, 7) is 1.41. The topological polar surface area (TPSA) is 99.1 Å². The number of carbonyl (C=O) groups excluding carboxylic acids is 2. The van der Waals surface area contributed by atoms with Gasteiger partial charge in [0, 0.05) is 18.3 Å². The summed E-state index contributed by atoms with van der Waals surface area (Å²) in [6, 6.07) is 2.25. The lowest BCUT2D eigenvalue weighted by molar-refractivity contribution is -0.136. The van der Waals surface area contributed by atoms with Gasteiger partial charge in [0.25, 0.3) is 5.91 Å². The number of aliphatic hydroxyl groups is 1. The monoisotopic (exact) mass is 324 g/mol. The summed E-state index contributed by atoms with van der Waals surface area (Å²) >= 11 is 0. The first-order valence-electron chi connectivity index (χ1n) is 6.86. The molecule has 0 bridgehead atoms. The molecule has 1 heterocycles. The lowest BCUT2D eigenvalue weighted by Crippen LogP contribution is -2.31. The van der Waals surface area contributed by atoms with Gasteiger partial charge in [-0.3, -0.25) is 4.79 Å². The van der Waals surface area contributed by atoms with Crippen molar-refractivity contribution < 1.29 is 28.9 Å². The van der Waals surface area contributed by atoms with Gasteiger partial charge in [-0.15, -0.1) is 0 Å². The van der Waals surface area contributed by atoms with Gasteiger partial charge in [0.1, 0.15) is 5.70 Å². The van der Waals surface area contributed by atoms with Crippen LogP contribution in [0.4, 0.5) is 10.1 Å². The summed E-state index contributed by atoms with van der Waals surface area (Å²) in [4.78, 5) is 25.5. The first-order valence-corrected chi connectivity index (χ1v) is 6.86. The molecule has 0 saturated heterocycles. The number of hydrogen-bond donors (Lipinski definition) is 3. The van der Waals surface area contributed by atoms with Crippen molar-refractivity contribution in [2.75, 3.05) is 32.1 Å².